The van der Waals surface area contributed by atoms with E-state index in [9.17, 15) is 4.79 Å². The van der Waals surface area contributed by atoms with Crippen molar-refractivity contribution in [3.05, 3.63) is 54.1 Å². The minimum atomic E-state index is -0.191. The first-order chi connectivity index (χ1) is 10.7. The minimum Gasteiger partial charge on any atom is -0.493 e. The molecule has 0 aliphatic rings. The van der Waals surface area contributed by atoms with E-state index in [1.54, 1.807) is 12.1 Å². The highest BCUT2D eigenvalue weighted by atomic mass is 16.5. The molecule has 0 radical (unpaired) electrons. The molecule has 0 aliphatic heterocycles. The zero-order valence-electron chi connectivity index (χ0n) is 13.0. The Labute approximate surface area is 131 Å². The van der Waals surface area contributed by atoms with Gasteiger partial charge in [0.2, 0.25) is 0 Å². The summed E-state index contributed by atoms with van der Waals surface area (Å²) in [6.45, 7) is 4.68. The Bertz CT molecular complexity index is 608. The summed E-state index contributed by atoms with van der Waals surface area (Å²) >= 11 is 0. The molecule has 4 nitrogen and oxygen atoms in total. The Morgan fingerprint density at radius 2 is 1.73 bits per heavy atom. The van der Waals surface area contributed by atoms with Gasteiger partial charge in [0, 0.05) is 11.8 Å². The van der Waals surface area contributed by atoms with Crippen molar-refractivity contribution in [2.75, 3.05) is 18.5 Å². The summed E-state index contributed by atoms with van der Waals surface area (Å²) in [7, 11) is 0. The molecule has 4 heteroatoms. The van der Waals surface area contributed by atoms with Gasteiger partial charge in [-0.05, 0) is 37.6 Å². The largest absolute Gasteiger partial charge is 0.493 e. The number of anilines is 1. The van der Waals surface area contributed by atoms with E-state index in [1.165, 1.54) is 0 Å². The minimum absolute atomic E-state index is 0.0366. The number of ether oxygens (including phenoxy) is 2. The quantitative estimate of drug-likeness (QED) is 0.846. The van der Waals surface area contributed by atoms with Crippen LogP contribution in [0.25, 0.3) is 0 Å². The van der Waals surface area contributed by atoms with Crippen molar-refractivity contribution < 1.29 is 14.3 Å². The van der Waals surface area contributed by atoms with Crippen molar-refractivity contribution in [1.82, 2.24) is 0 Å². The van der Waals surface area contributed by atoms with Crippen LogP contribution < -0.4 is 14.8 Å². The van der Waals surface area contributed by atoms with Crippen molar-refractivity contribution in [3.8, 4) is 11.5 Å². The van der Waals surface area contributed by atoms with Gasteiger partial charge < -0.3 is 14.8 Å². The number of nitrogens with one attached hydrogen (secondary N) is 1. The lowest BCUT2D eigenvalue weighted by atomic mass is 10.2. The first kappa shape index (κ1) is 15.9. The van der Waals surface area contributed by atoms with Crippen molar-refractivity contribution in [1.29, 1.82) is 0 Å². The van der Waals surface area contributed by atoms with E-state index < -0.39 is 0 Å². The molecule has 0 unspecified atom stereocenters. The Hall–Kier alpha value is -2.49. The monoisotopic (exact) mass is 299 g/mol. The predicted molar refractivity (Wildman–Crippen MR) is 87.5 cm³/mol. The lowest BCUT2D eigenvalue weighted by Gasteiger charge is -2.09. The molecule has 2 aromatic rings. The number of amides is 1. The maximum absolute atomic E-state index is 11.9. The molecule has 0 aliphatic carbocycles. The topological polar surface area (TPSA) is 47.6 Å². The van der Waals surface area contributed by atoms with Crippen molar-refractivity contribution >= 4 is 11.6 Å². The highest BCUT2D eigenvalue weighted by Gasteiger charge is 2.04. The second-order valence-corrected chi connectivity index (χ2v) is 5.03. The Kier molecular flexibility index (Phi) is 5.83. The molecule has 1 amide bonds. The van der Waals surface area contributed by atoms with E-state index >= 15 is 0 Å². The zero-order valence-corrected chi connectivity index (χ0v) is 13.0. The molecule has 1 N–H and O–H groups in total. The van der Waals surface area contributed by atoms with Crippen LogP contribution in [-0.4, -0.2) is 19.1 Å². The van der Waals surface area contributed by atoms with Crippen LogP contribution in [0.15, 0.2) is 48.5 Å². The van der Waals surface area contributed by atoms with Crippen LogP contribution in [0.2, 0.25) is 0 Å². The van der Waals surface area contributed by atoms with Crippen molar-refractivity contribution in [2.24, 2.45) is 0 Å². The average Bonchev–Trinajstić information content (AvgIpc) is 2.53. The smallest absolute Gasteiger partial charge is 0.262 e. The fraction of sp³-hybridized carbons (Fsp3) is 0.278. The SMILES string of the molecule is CCCOc1cccc(OCC(=O)Nc2ccc(C)cc2)c1. The first-order valence-electron chi connectivity index (χ1n) is 7.39. The van der Waals surface area contributed by atoms with Crippen LogP contribution in [0.5, 0.6) is 11.5 Å². The van der Waals surface area contributed by atoms with Crippen LogP contribution in [0, 0.1) is 6.92 Å². The number of hydrogen-bond acceptors (Lipinski definition) is 3. The molecule has 0 saturated carbocycles. The summed E-state index contributed by atoms with van der Waals surface area (Å²) in [5, 5.41) is 2.79. The number of carbonyl (C=O) groups is 1. The summed E-state index contributed by atoms with van der Waals surface area (Å²) in [5.41, 5.74) is 1.91. The maximum Gasteiger partial charge on any atom is 0.262 e. The van der Waals surface area contributed by atoms with Crippen molar-refractivity contribution in [3.63, 3.8) is 0 Å². The highest BCUT2D eigenvalue weighted by Crippen LogP contribution is 2.19. The van der Waals surface area contributed by atoms with E-state index in [0.717, 1.165) is 23.4 Å². The molecule has 0 bridgehead atoms. The van der Waals surface area contributed by atoms with E-state index in [-0.39, 0.29) is 12.5 Å². The lowest BCUT2D eigenvalue weighted by molar-refractivity contribution is -0.118. The molecule has 0 atom stereocenters. The molecule has 0 fully saturated rings. The summed E-state index contributed by atoms with van der Waals surface area (Å²) < 4.78 is 11.0. The predicted octanol–water partition coefficient (Wildman–Crippen LogP) is 3.80. The van der Waals surface area contributed by atoms with Crippen LogP contribution >= 0.6 is 0 Å². The fourth-order valence-corrected chi connectivity index (χ4v) is 1.86. The Morgan fingerprint density at radius 1 is 1.05 bits per heavy atom. The standard InChI is InChI=1S/C18H21NO3/c1-3-11-21-16-5-4-6-17(12-16)22-13-18(20)19-15-9-7-14(2)8-10-15/h4-10,12H,3,11,13H2,1-2H3,(H,19,20). The van der Waals surface area contributed by atoms with Crippen LogP contribution in [-0.2, 0) is 4.79 Å². The third-order valence-corrected chi connectivity index (χ3v) is 2.98. The van der Waals surface area contributed by atoms with Gasteiger partial charge in [0.1, 0.15) is 11.5 Å². The second kappa shape index (κ2) is 8.08. The third kappa shape index (κ3) is 5.13. The molecular weight excluding hydrogens is 278 g/mol. The van der Waals surface area contributed by atoms with E-state index in [0.29, 0.717) is 12.4 Å². The summed E-state index contributed by atoms with van der Waals surface area (Å²) in [4.78, 5) is 11.9. The maximum atomic E-state index is 11.9. The van der Waals surface area contributed by atoms with Gasteiger partial charge in [-0.3, -0.25) is 4.79 Å². The van der Waals surface area contributed by atoms with Gasteiger partial charge in [0.25, 0.3) is 5.91 Å². The van der Waals surface area contributed by atoms with E-state index in [1.807, 2.05) is 43.3 Å². The highest BCUT2D eigenvalue weighted by molar-refractivity contribution is 5.91. The number of hydrogen-bond donors (Lipinski definition) is 1. The molecule has 2 aromatic carbocycles. The van der Waals surface area contributed by atoms with Gasteiger partial charge in [-0.15, -0.1) is 0 Å². The first-order valence-corrected chi connectivity index (χ1v) is 7.39. The van der Waals surface area contributed by atoms with E-state index in [4.69, 9.17) is 9.47 Å². The Balaban J connectivity index is 1.84. The average molecular weight is 299 g/mol. The normalized spacial score (nSPS) is 10.1. The molecule has 0 heterocycles. The van der Waals surface area contributed by atoms with Gasteiger partial charge in [0.15, 0.2) is 6.61 Å². The van der Waals surface area contributed by atoms with E-state index in [2.05, 4.69) is 12.2 Å². The number of aryl methyl sites for hydroxylation is 1. The number of benzene rings is 2. The molecule has 0 spiro atoms. The number of rotatable bonds is 7. The van der Waals surface area contributed by atoms with Gasteiger partial charge in [-0.2, -0.15) is 0 Å². The molecule has 0 aromatic heterocycles. The van der Waals surface area contributed by atoms with Gasteiger partial charge in [0.05, 0.1) is 6.61 Å². The summed E-state index contributed by atoms with van der Waals surface area (Å²) in [5.74, 6) is 1.18. The number of carbonyl (C=O) groups excluding carboxylic acids is 1. The summed E-state index contributed by atoms with van der Waals surface area (Å²) in [6.07, 6.45) is 0.948. The third-order valence-electron chi connectivity index (χ3n) is 2.98. The molecule has 0 saturated heterocycles. The molecule has 2 rings (SSSR count). The zero-order chi connectivity index (χ0) is 15.8. The Morgan fingerprint density at radius 3 is 2.41 bits per heavy atom. The summed E-state index contributed by atoms with van der Waals surface area (Å²) in [6, 6.07) is 14.9. The fourth-order valence-electron chi connectivity index (χ4n) is 1.86. The van der Waals surface area contributed by atoms with Gasteiger partial charge in [-0.1, -0.05) is 30.7 Å². The molecule has 116 valence electrons. The lowest BCUT2D eigenvalue weighted by Crippen LogP contribution is -2.20. The van der Waals surface area contributed by atoms with Gasteiger partial charge >= 0.3 is 0 Å². The van der Waals surface area contributed by atoms with Crippen LogP contribution in [0.4, 0.5) is 5.69 Å². The molecular formula is C18H21NO3. The van der Waals surface area contributed by atoms with Crippen molar-refractivity contribution in [2.45, 2.75) is 20.3 Å². The van der Waals surface area contributed by atoms with Gasteiger partial charge in [-0.25, -0.2) is 0 Å². The van der Waals surface area contributed by atoms with Crippen LogP contribution in [0.1, 0.15) is 18.9 Å². The molecule has 22 heavy (non-hydrogen) atoms. The van der Waals surface area contributed by atoms with Crippen LogP contribution in [0.3, 0.4) is 0 Å². The second-order valence-electron chi connectivity index (χ2n) is 5.03.